The van der Waals surface area contributed by atoms with Gasteiger partial charge in [0.05, 0.1) is 6.21 Å². The highest BCUT2D eigenvalue weighted by molar-refractivity contribution is 6.30. The number of hydrazone groups is 1. The molecule has 0 aromatic heterocycles. The minimum Gasteiger partial charge on any atom is -0.484 e. The number of nitrogens with zero attached hydrogens (tertiary/aromatic N) is 1. The van der Waals surface area contributed by atoms with Gasteiger partial charge < -0.3 is 4.74 Å². The zero-order chi connectivity index (χ0) is 15.9. The number of nitrogens with one attached hydrogen (secondary N) is 1. The quantitative estimate of drug-likeness (QED) is 0.678. The van der Waals surface area contributed by atoms with E-state index < -0.39 is 0 Å². The van der Waals surface area contributed by atoms with Crippen LogP contribution in [0.5, 0.6) is 5.75 Å². The third-order valence-corrected chi connectivity index (χ3v) is 3.33. The molecule has 2 aromatic carbocycles. The molecule has 0 aliphatic heterocycles. The molecule has 1 amide bonds. The van der Waals surface area contributed by atoms with Crippen molar-refractivity contribution in [1.29, 1.82) is 0 Å². The average molecular weight is 317 g/mol. The van der Waals surface area contributed by atoms with Crippen LogP contribution in [0.2, 0.25) is 5.02 Å². The molecule has 0 heterocycles. The summed E-state index contributed by atoms with van der Waals surface area (Å²) >= 11 is 5.86. The number of halogens is 1. The van der Waals surface area contributed by atoms with E-state index in [4.69, 9.17) is 16.3 Å². The molecule has 2 aromatic rings. The summed E-state index contributed by atoms with van der Waals surface area (Å²) in [7, 11) is 0. The van der Waals surface area contributed by atoms with Crippen molar-refractivity contribution in [1.82, 2.24) is 5.43 Å². The van der Waals surface area contributed by atoms with Gasteiger partial charge in [-0.15, -0.1) is 0 Å². The third kappa shape index (κ3) is 4.90. The number of ether oxygens (including phenoxy) is 1. The van der Waals surface area contributed by atoms with E-state index in [1.807, 2.05) is 44.2 Å². The molecule has 0 saturated heterocycles. The highest BCUT2D eigenvalue weighted by Gasteiger charge is 2.02. The number of carbonyl (C=O) groups excluding carboxylic acids is 1. The predicted molar refractivity (Wildman–Crippen MR) is 88.6 cm³/mol. The maximum Gasteiger partial charge on any atom is 0.277 e. The van der Waals surface area contributed by atoms with Crippen LogP contribution in [0.15, 0.2) is 47.6 Å². The SMILES string of the molecule is Cc1ccc(OCC(=O)NN=Cc2cccc(Cl)c2)cc1C. The third-order valence-electron chi connectivity index (χ3n) is 3.10. The second-order valence-corrected chi connectivity index (χ2v) is 5.32. The molecule has 0 unspecified atom stereocenters. The lowest BCUT2D eigenvalue weighted by Crippen LogP contribution is -2.24. The molecule has 4 nitrogen and oxygen atoms in total. The van der Waals surface area contributed by atoms with Crippen molar-refractivity contribution in [3.63, 3.8) is 0 Å². The summed E-state index contributed by atoms with van der Waals surface area (Å²) in [5.74, 6) is 0.341. The molecule has 1 N–H and O–H groups in total. The molecule has 0 aliphatic rings. The maximum atomic E-state index is 11.6. The van der Waals surface area contributed by atoms with E-state index >= 15 is 0 Å². The number of aryl methyl sites for hydroxylation is 2. The van der Waals surface area contributed by atoms with E-state index in [0.29, 0.717) is 10.8 Å². The summed E-state index contributed by atoms with van der Waals surface area (Å²) in [5.41, 5.74) is 5.52. The molecule has 22 heavy (non-hydrogen) atoms. The number of benzene rings is 2. The molecule has 0 bridgehead atoms. The van der Waals surface area contributed by atoms with Crippen LogP contribution in [0.25, 0.3) is 0 Å². The van der Waals surface area contributed by atoms with Gasteiger partial charge in [0.25, 0.3) is 5.91 Å². The first-order chi connectivity index (χ1) is 10.5. The van der Waals surface area contributed by atoms with Gasteiger partial charge in [-0.1, -0.05) is 29.8 Å². The lowest BCUT2D eigenvalue weighted by Gasteiger charge is -2.07. The largest absolute Gasteiger partial charge is 0.484 e. The normalized spacial score (nSPS) is 10.7. The molecule has 0 spiro atoms. The van der Waals surface area contributed by atoms with Gasteiger partial charge in [-0.05, 0) is 54.8 Å². The van der Waals surface area contributed by atoms with Crippen LogP contribution in [0.1, 0.15) is 16.7 Å². The summed E-state index contributed by atoms with van der Waals surface area (Å²) in [4.78, 5) is 11.6. The van der Waals surface area contributed by atoms with Gasteiger partial charge in [-0.3, -0.25) is 4.79 Å². The van der Waals surface area contributed by atoms with Crippen LogP contribution in [0.3, 0.4) is 0 Å². The van der Waals surface area contributed by atoms with Crippen molar-refractivity contribution in [2.24, 2.45) is 5.10 Å². The molecule has 0 radical (unpaired) electrons. The number of carbonyl (C=O) groups is 1. The molecule has 0 fully saturated rings. The minimum atomic E-state index is -0.323. The Bertz CT molecular complexity index is 699. The summed E-state index contributed by atoms with van der Waals surface area (Å²) in [6.07, 6.45) is 1.53. The van der Waals surface area contributed by atoms with Crippen LogP contribution in [-0.2, 0) is 4.79 Å². The first-order valence-electron chi connectivity index (χ1n) is 6.82. The number of rotatable bonds is 5. The zero-order valence-electron chi connectivity index (χ0n) is 12.5. The summed E-state index contributed by atoms with van der Waals surface area (Å²) in [5, 5.41) is 4.48. The lowest BCUT2D eigenvalue weighted by molar-refractivity contribution is -0.123. The second-order valence-electron chi connectivity index (χ2n) is 4.88. The Balaban J connectivity index is 1.81. The maximum absolute atomic E-state index is 11.6. The number of amides is 1. The Kier molecular flexibility index (Phi) is 5.55. The van der Waals surface area contributed by atoms with Gasteiger partial charge >= 0.3 is 0 Å². The highest BCUT2D eigenvalue weighted by atomic mass is 35.5. The topological polar surface area (TPSA) is 50.7 Å². The Morgan fingerprint density at radius 3 is 2.77 bits per heavy atom. The fourth-order valence-electron chi connectivity index (χ4n) is 1.75. The minimum absolute atomic E-state index is 0.0879. The zero-order valence-corrected chi connectivity index (χ0v) is 13.2. The fourth-order valence-corrected chi connectivity index (χ4v) is 1.95. The summed E-state index contributed by atoms with van der Waals surface area (Å²) in [6.45, 7) is 3.93. The molecule has 2 rings (SSSR count). The van der Waals surface area contributed by atoms with Crippen LogP contribution >= 0.6 is 11.6 Å². The van der Waals surface area contributed by atoms with Crippen molar-refractivity contribution >= 4 is 23.7 Å². The lowest BCUT2D eigenvalue weighted by atomic mass is 10.1. The second kappa shape index (κ2) is 7.61. The van der Waals surface area contributed by atoms with Gasteiger partial charge in [0.1, 0.15) is 5.75 Å². The van der Waals surface area contributed by atoms with E-state index in [2.05, 4.69) is 10.5 Å². The van der Waals surface area contributed by atoms with Gasteiger partial charge in [-0.2, -0.15) is 5.10 Å². The first kappa shape index (κ1) is 16.0. The van der Waals surface area contributed by atoms with Crippen molar-refractivity contribution in [3.8, 4) is 5.75 Å². The van der Waals surface area contributed by atoms with Gasteiger partial charge in [0, 0.05) is 5.02 Å². The van der Waals surface area contributed by atoms with Crippen molar-refractivity contribution in [2.75, 3.05) is 6.61 Å². The standard InChI is InChI=1S/C17H17ClN2O2/c1-12-6-7-16(8-13(12)2)22-11-17(21)20-19-10-14-4-3-5-15(18)9-14/h3-10H,11H2,1-2H3,(H,20,21). The monoisotopic (exact) mass is 316 g/mol. The Morgan fingerprint density at radius 1 is 1.23 bits per heavy atom. The van der Waals surface area contributed by atoms with E-state index in [0.717, 1.165) is 11.1 Å². The molecule has 5 heteroatoms. The average Bonchev–Trinajstić information content (AvgIpc) is 2.48. The van der Waals surface area contributed by atoms with E-state index in [9.17, 15) is 4.79 Å². The Hall–Kier alpha value is -2.33. The molecule has 0 aliphatic carbocycles. The summed E-state index contributed by atoms with van der Waals surface area (Å²) in [6, 6.07) is 12.9. The molecular formula is C17H17ClN2O2. The predicted octanol–water partition coefficient (Wildman–Crippen LogP) is 3.49. The van der Waals surface area contributed by atoms with E-state index in [1.54, 1.807) is 12.1 Å². The van der Waals surface area contributed by atoms with Gasteiger partial charge in [0.2, 0.25) is 0 Å². The Labute approximate surface area is 134 Å². The molecule has 0 atom stereocenters. The fraction of sp³-hybridized carbons (Fsp3) is 0.176. The van der Waals surface area contributed by atoms with Crippen LogP contribution in [0.4, 0.5) is 0 Å². The van der Waals surface area contributed by atoms with Crippen molar-refractivity contribution < 1.29 is 9.53 Å². The van der Waals surface area contributed by atoms with Gasteiger partial charge in [0.15, 0.2) is 6.61 Å². The van der Waals surface area contributed by atoms with Crippen LogP contribution < -0.4 is 10.2 Å². The van der Waals surface area contributed by atoms with Gasteiger partial charge in [-0.25, -0.2) is 5.43 Å². The highest BCUT2D eigenvalue weighted by Crippen LogP contribution is 2.16. The molecule has 0 saturated carbocycles. The van der Waals surface area contributed by atoms with Crippen molar-refractivity contribution in [2.45, 2.75) is 13.8 Å². The molecule has 114 valence electrons. The van der Waals surface area contributed by atoms with Crippen molar-refractivity contribution in [3.05, 3.63) is 64.2 Å². The summed E-state index contributed by atoms with van der Waals surface area (Å²) < 4.78 is 5.42. The Morgan fingerprint density at radius 2 is 2.05 bits per heavy atom. The van der Waals surface area contributed by atoms with Crippen LogP contribution in [-0.4, -0.2) is 18.7 Å². The molecular weight excluding hydrogens is 300 g/mol. The van der Waals surface area contributed by atoms with Crippen LogP contribution in [0, 0.1) is 13.8 Å². The number of hydrogen-bond acceptors (Lipinski definition) is 3. The number of hydrogen-bond donors (Lipinski definition) is 1. The van der Waals surface area contributed by atoms with E-state index in [1.165, 1.54) is 11.8 Å². The first-order valence-corrected chi connectivity index (χ1v) is 7.20. The smallest absolute Gasteiger partial charge is 0.277 e. The van der Waals surface area contributed by atoms with E-state index in [-0.39, 0.29) is 12.5 Å².